The molecule has 1 heterocycles. The van der Waals surface area contributed by atoms with Crippen LogP contribution < -0.4 is 10.8 Å². The van der Waals surface area contributed by atoms with Gasteiger partial charge in [0.25, 0.3) is 5.91 Å². The summed E-state index contributed by atoms with van der Waals surface area (Å²) < 4.78 is 58.4. The maximum atomic E-state index is 13.3. The van der Waals surface area contributed by atoms with E-state index in [0.29, 0.717) is 17.4 Å². The number of fused-ring (bicyclic) bond motifs is 1. The molecule has 4 nitrogen and oxygen atoms in total. The second kappa shape index (κ2) is 7.46. The van der Waals surface area contributed by atoms with Gasteiger partial charge in [-0.1, -0.05) is 18.9 Å². The van der Waals surface area contributed by atoms with E-state index in [1.807, 2.05) is 0 Å². The summed E-state index contributed by atoms with van der Waals surface area (Å²) in [6.45, 7) is 0. The number of halogens is 4. The Labute approximate surface area is 165 Å². The number of benzene rings is 2. The highest BCUT2D eigenvalue weighted by Gasteiger charge is 2.40. The van der Waals surface area contributed by atoms with Gasteiger partial charge in [-0.25, -0.2) is 4.39 Å². The topological polar surface area (TPSA) is 58.6 Å². The van der Waals surface area contributed by atoms with Crippen LogP contribution in [0.2, 0.25) is 0 Å². The van der Waals surface area contributed by atoms with Crippen LogP contribution in [0.25, 0.3) is 0 Å². The molecule has 2 aromatic rings. The third kappa shape index (κ3) is 3.89. The number of carbonyl (C=O) groups is 1. The molecule has 9 heteroatoms. The lowest BCUT2D eigenvalue weighted by Gasteiger charge is -2.19. The molecular formula is C20H18BF4NO3. The van der Waals surface area contributed by atoms with Crippen molar-refractivity contribution in [3.05, 3.63) is 58.9 Å². The number of amides is 1. The number of alkyl halides is 3. The first-order valence-corrected chi connectivity index (χ1v) is 9.39. The fourth-order valence-electron chi connectivity index (χ4n) is 4.18. The second-order valence-electron chi connectivity index (χ2n) is 7.44. The molecule has 2 aliphatic rings. The predicted octanol–water partition coefficient (Wildman–Crippen LogP) is 4.05. The Kier molecular flexibility index (Phi) is 5.12. The molecule has 2 N–H and O–H groups in total. The van der Waals surface area contributed by atoms with Gasteiger partial charge in [0, 0.05) is 5.69 Å². The van der Waals surface area contributed by atoms with E-state index in [2.05, 4.69) is 5.32 Å². The molecule has 29 heavy (non-hydrogen) atoms. The summed E-state index contributed by atoms with van der Waals surface area (Å²) >= 11 is 0. The summed E-state index contributed by atoms with van der Waals surface area (Å²) in [7, 11) is -1.15. The van der Waals surface area contributed by atoms with E-state index in [0.717, 1.165) is 43.4 Å². The molecule has 1 unspecified atom stereocenters. The lowest BCUT2D eigenvalue weighted by atomic mass is 9.78. The lowest BCUT2D eigenvalue weighted by molar-refractivity contribution is -0.138. The Morgan fingerprint density at radius 1 is 1.14 bits per heavy atom. The van der Waals surface area contributed by atoms with E-state index < -0.39 is 36.1 Å². The van der Waals surface area contributed by atoms with E-state index >= 15 is 0 Å². The van der Waals surface area contributed by atoms with Crippen LogP contribution >= 0.6 is 0 Å². The van der Waals surface area contributed by atoms with Gasteiger partial charge in [0.05, 0.1) is 17.2 Å². The fourth-order valence-corrected chi connectivity index (χ4v) is 4.18. The predicted molar refractivity (Wildman–Crippen MR) is 99.2 cm³/mol. The standard InChI is InChI=1S/C20H18BF4NO3/c22-12-5-7-14(16(9-12)20(23,24)25)19(27)26-13-6-8-15-17(10-13)21(28)29-18(15)11-3-1-2-4-11/h5-11,18,28H,1-4H2,(H,26,27). The van der Waals surface area contributed by atoms with Crippen LogP contribution in [0.1, 0.15) is 53.3 Å². The van der Waals surface area contributed by atoms with Gasteiger partial charge >= 0.3 is 13.3 Å². The van der Waals surface area contributed by atoms with Crippen molar-refractivity contribution in [2.24, 2.45) is 5.92 Å². The first-order valence-electron chi connectivity index (χ1n) is 9.39. The van der Waals surface area contributed by atoms with Crippen LogP contribution in [-0.4, -0.2) is 18.0 Å². The Morgan fingerprint density at radius 3 is 2.55 bits per heavy atom. The quantitative estimate of drug-likeness (QED) is 0.597. The number of anilines is 1. The molecule has 0 spiro atoms. The van der Waals surface area contributed by atoms with Crippen molar-refractivity contribution in [2.45, 2.75) is 38.0 Å². The van der Waals surface area contributed by atoms with Crippen LogP contribution in [0, 0.1) is 11.7 Å². The van der Waals surface area contributed by atoms with Crippen LogP contribution in [0.4, 0.5) is 23.2 Å². The zero-order valence-electron chi connectivity index (χ0n) is 15.3. The number of rotatable bonds is 3. The van der Waals surface area contributed by atoms with Crippen molar-refractivity contribution in [1.29, 1.82) is 0 Å². The van der Waals surface area contributed by atoms with Gasteiger partial charge in [0.15, 0.2) is 0 Å². The zero-order valence-corrected chi connectivity index (χ0v) is 15.3. The summed E-state index contributed by atoms with van der Waals surface area (Å²) in [6, 6.07) is 6.69. The van der Waals surface area contributed by atoms with E-state index in [1.165, 1.54) is 6.07 Å². The minimum atomic E-state index is -4.87. The highest BCUT2D eigenvalue weighted by Crippen LogP contribution is 2.40. The van der Waals surface area contributed by atoms with Crippen LogP contribution in [0.5, 0.6) is 0 Å². The van der Waals surface area contributed by atoms with E-state index in [-0.39, 0.29) is 11.8 Å². The Hall–Kier alpha value is -2.39. The van der Waals surface area contributed by atoms with Crippen molar-refractivity contribution >= 4 is 24.2 Å². The summed E-state index contributed by atoms with van der Waals surface area (Å²) in [4.78, 5) is 12.4. The highest BCUT2D eigenvalue weighted by molar-refractivity contribution is 6.62. The average Bonchev–Trinajstić information content (AvgIpc) is 3.29. The Balaban J connectivity index is 1.59. The molecule has 4 rings (SSSR count). The Bertz CT molecular complexity index is 944. The summed E-state index contributed by atoms with van der Waals surface area (Å²) in [5.74, 6) is -1.78. The number of nitrogens with one attached hydrogen (secondary N) is 1. The second-order valence-corrected chi connectivity index (χ2v) is 7.44. The van der Waals surface area contributed by atoms with Crippen LogP contribution in [0.3, 0.4) is 0 Å². The van der Waals surface area contributed by atoms with Crippen molar-refractivity contribution in [2.75, 3.05) is 5.32 Å². The number of hydrogen-bond donors (Lipinski definition) is 2. The van der Waals surface area contributed by atoms with Crippen molar-refractivity contribution in [1.82, 2.24) is 0 Å². The molecule has 152 valence electrons. The number of carbonyl (C=O) groups excluding carboxylic acids is 1. The fraction of sp³-hybridized carbons (Fsp3) is 0.350. The van der Waals surface area contributed by atoms with E-state index in [9.17, 15) is 27.4 Å². The SMILES string of the molecule is O=C(Nc1ccc2c(c1)B(O)OC2C1CCCC1)c1ccc(F)cc1C(F)(F)F. The molecule has 0 saturated heterocycles. The molecule has 1 aliphatic carbocycles. The van der Waals surface area contributed by atoms with Gasteiger partial charge in [-0.15, -0.1) is 0 Å². The smallest absolute Gasteiger partial charge is 0.423 e. The molecule has 0 bridgehead atoms. The average molecular weight is 407 g/mol. The van der Waals surface area contributed by atoms with Crippen molar-refractivity contribution in [3.8, 4) is 0 Å². The lowest BCUT2D eigenvalue weighted by Crippen LogP contribution is -2.28. The van der Waals surface area contributed by atoms with Gasteiger partial charge in [-0.05, 0) is 60.1 Å². The van der Waals surface area contributed by atoms with Gasteiger partial charge in [0.2, 0.25) is 0 Å². The van der Waals surface area contributed by atoms with Crippen molar-refractivity contribution < 1.29 is 32.0 Å². The summed E-state index contributed by atoms with van der Waals surface area (Å²) in [5, 5.41) is 12.6. The molecule has 0 radical (unpaired) electrons. The molecule has 1 amide bonds. The zero-order chi connectivity index (χ0) is 20.8. The van der Waals surface area contributed by atoms with Gasteiger partial charge < -0.3 is 15.0 Å². The summed E-state index contributed by atoms with van der Waals surface area (Å²) in [6.07, 6.45) is -0.834. The maximum Gasteiger partial charge on any atom is 0.492 e. The molecule has 1 atom stereocenters. The molecule has 2 aromatic carbocycles. The third-order valence-corrected chi connectivity index (χ3v) is 5.55. The minimum absolute atomic E-state index is 0.221. The highest BCUT2D eigenvalue weighted by atomic mass is 19.4. The van der Waals surface area contributed by atoms with E-state index in [4.69, 9.17) is 4.65 Å². The number of hydrogen-bond acceptors (Lipinski definition) is 3. The van der Waals surface area contributed by atoms with Gasteiger partial charge in [-0.3, -0.25) is 4.79 Å². The maximum absolute atomic E-state index is 13.3. The Morgan fingerprint density at radius 2 is 1.86 bits per heavy atom. The minimum Gasteiger partial charge on any atom is -0.423 e. The molecule has 0 aromatic heterocycles. The van der Waals surface area contributed by atoms with Crippen LogP contribution in [0.15, 0.2) is 36.4 Å². The third-order valence-electron chi connectivity index (χ3n) is 5.55. The summed E-state index contributed by atoms with van der Waals surface area (Å²) in [5.41, 5.74) is -0.475. The van der Waals surface area contributed by atoms with E-state index in [1.54, 1.807) is 12.1 Å². The molecular weight excluding hydrogens is 389 g/mol. The first-order chi connectivity index (χ1) is 13.7. The molecule has 1 saturated carbocycles. The normalized spacial score (nSPS) is 19.5. The largest absolute Gasteiger partial charge is 0.492 e. The van der Waals surface area contributed by atoms with Gasteiger partial charge in [-0.2, -0.15) is 13.2 Å². The van der Waals surface area contributed by atoms with Gasteiger partial charge in [0.1, 0.15) is 5.82 Å². The van der Waals surface area contributed by atoms with Crippen molar-refractivity contribution in [3.63, 3.8) is 0 Å². The molecule has 1 fully saturated rings. The molecule has 1 aliphatic heterocycles. The first kappa shape index (κ1) is 19.9. The van der Waals surface area contributed by atoms with Crippen LogP contribution in [-0.2, 0) is 10.8 Å². The monoisotopic (exact) mass is 407 g/mol.